The molecule has 1 aromatic rings. The second-order valence-corrected chi connectivity index (χ2v) is 5.15. The molecule has 0 unspecified atom stereocenters. The van der Waals surface area contributed by atoms with Crippen LogP contribution in [0, 0.1) is 0 Å². The zero-order valence-electron chi connectivity index (χ0n) is 8.66. The van der Waals surface area contributed by atoms with Crippen LogP contribution in [0.15, 0.2) is 29.2 Å². The molecule has 0 fully saturated rings. The summed E-state index contributed by atoms with van der Waals surface area (Å²) in [5.74, 6) is 0.924. The maximum absolute atomic E-state index is 9.51. The lowest BCUT2D eigenvalue weighted by Crippen LogP contribution is -2.18. The van der Waals surface area contributed by atoms with E-state index in [0.717, 1.165) is 17.9 Å². The van der Waals surface area contributed by atoms with Gasteiger partial charge in [0.15, 0.2) is 0 Å². The van der Waals surface area contributed by atoms with Gasteiger partial charge >= 0.3 is 0 Å². The highest BCUT2D eigenvalue weighted by atomic mass is 32.2. The minimum Gasteiger partial charge on any atom is -0.399 e. The van der Waals surface area contributed by atoms with Gasteiger partial charge in [0.25, 0.3) is 0 Å². The lowest BCUT2D eigenvalue weighted by Gasteiger charge is -2.16. The molecule has 78 valence electrons. The molecule has 0 bridgehead atoms. The van der Waals surface area contributed by atoms with Crippen LogP contribution in [0.1, 0.15) is 20.3 Å². The highest BCUT2D eigenvalue weighted by Gasteiger charge is 2.11. The Kier molecular flexibility index (Phi) is 3.84. The smallest absolute Gasteiger partial charge is 0.0599 e. The molecule has 2 nitrogen and oxygen atoms in total. The Morgan fingerprint density at radius 3 is 2.36 bits per heavy atom. The monoisotopic (exact) mass is 211 g/mol. The van der Waals surface area contributed by atoms with E-state index in [2.05, 4.69) is 0 Å². The molecular weight excluding hydrogens is 194 g/mol. The SMILES string of the molecule is CC(C)(O)CCSc1ccc(N)cc1. The third-order valence-electron chi connectivity index (χ3n) is 1.86. The van der Waals surface area contributed by atoms with Crippen LogP contribution in [0.5, 0.6) is 0 Å². The maximum atomic E-state index is 9.51. The zero-order chi connectivity index (χ0) is 10.6. The number of hydrogen-bond acceptors (Lipinski definition) is 3. The predicted molar refractivity (Wildman–Crippen MR) is 62.5 cm³/mol. The van der Waals surface area contributed by atoms with Gasteiger partial charge < -0.3 is 10.8 Å². The molecule has 0 aliphatic rings. The standard InChI is InChI=1S/C11H17NOS/c1-11(2,13)7-8-14-10-5-3-9(12)4-6-10/h3-6,13H,7-8,12H2,1-2H3. The second-order valence-electron chi connectivity index (χ2n) is 3.98. The van der Waals surface area contributed by atoms with Gasteiger partial charge in [0.05, 0.1) is 5.60 Å². The number of benzene rings is 1. The molecule has 14 heavy (non-hydrogen) atoms. The molecule has 0 radical (unpaired) electrons. The molecule has 1 aromatic carbocycles. The van der Waals surface area contributed by atoms with Crippen LogP contribution in [0.3, 0.4) is 0 Å². The van der Waals surface area contributed by atoms with Crippen LogP contribution >= 0.6 is 11.8 Å². The van der Waals surface area contributed by atoms with Crippen molar-refractivity contribution < 1.29 is 5.11 Å². The summed E-state index contributed by atoms with van der Waals surface area (Å²) in [5.41, 5.74) is 5.80. The summed E-state index contributed by atoms with van der Waals surface area (Å²) < 4.78 is 0. The van der Waals surface area contributed by atoms with Gasteiger partial charge in [0.2, 0.25) is 0 Å². The molecule has 3 heteroatoms. The van der Waals surface area contributed by atoms with Gasteiger partial charge in [-0.1, -0.05) is 0 Å². The summed E-state index contributed by atoms with van der Waals surface area (Å²) in [5, 5.41) is 9.51. The summed E-state index contributed by atoms with van der Waals surface area (Å²) in [6, 6.07) is 7.80. The number of aliphatic hydroxyl groups is 1. The first-order valence-corrected chi connectivity index (χ1v) is 5.67. The summed E-state index contributed by atoms with van der Waals surface area (Å²) >= 11 is 1.74. The van der Waals surface area contributed by atoms with Crippen LogP contribution in [0.4, 0.5) is 5.69 Å². The molecule has 1 rings (SSSR count). The fourth-order valence-corrected chi connectivity index (χ4v) is 2.15. The summed E-state index contributed by atoms with van der Waals surface area (Å²) in [6.45, 7) is 3.66. The van der Waals surface area contributed by atoms with Crippen molar-refractivity contribution >= 4 is 17.4 Å². The van der Waals surface area contributed by atoms with E-state index in [1.807, 2.05) is 38.1 Å². The minimum absolute atomic E-state index is 0.569. The molecule has 3 N–H and O–H groups in total. The van der Waals surface area contributed by atoms with Crippen molar-refractivity contribution in [1.29, 1.82) is 0 Å². The molecule has 0 aliphatic carbocycles. The predicted octanol–water partition coefficient (Wildman–Crippen LogP) is 2.52. The third kappa shape index (κ3) is 4.53. The van der Waals surface area contributed by atoms with Crippen LogP contribution in [0.25, 0.3) is 0 Å². The van der Waals surface area contributed by atoms with Crippen LogP contribution < -0.4 is 5.73 Å². The minimum atomic E-state index is -0.569. The maximum Gasteiger partial charge on any atom is 0.0599 e. The highest BCUT2D eigenvalue weighted by molar-refractivity contribution is 7.99. The van der Waals surface area contributed by atoms with Crippen molar-refractivity contribution in [3.63, 3.8) is 0 Å². The number of nitrogen functional groups attached to an aromatic ring is 1. The molecular formula is C11H17NOS. The first kappa shape index (κ1) is 11.4. The lowest BCUT2D eigenvalue weighted by molar-refractivity contribution is 0.0778. The van der Waals surface area contributed by atoms with Crippen molar-refractivity contribution in [1.82, 2.24) is 0 Å². The fraction of sp³-hybridized carbons (Fsp3) is 0.455. The summed E-state index contributed by atoms with van der Waals surface area (Å²) in [6.07, 6.45) is 0.794. The van der Waals surface area contributed by atoms with Crippen LogP contribution in [-0.4, -0.2) is 16.5 Å². The third-order valence-corrected chi connectivity index (χ3v) is 2.88. The van der Waals surface area contributed by atoms with E-state index in [9.17, 15) is 5.11 Å². The topological polar surface area (TPSA) is 46.2 Å². The Morgan fingerprint density at radius 1 is 1.29 bits per heavy atom. The van der Waals surface area contributed by atoms with Crippen molar-refractivity contribution in [3.8, 4) is 0 Å². The fourth-order valence-electron chi connectivity index (χ4n) is 0.983. The van der Waals surface area contributed by atoms with Crippen molar-refractivity contribution in [2.45, 2.75) is 30.8 Å². The van der Waals surface area contributed by atoms with Crippen LogP contribution in [0.2, 0.25) is 0 Å². The first-order valence-electron chi connectivity index (χ1n) is 4.68. The molecule has 0 aromatic heterocycles. The summed E-state index contributed by atoms with van der Waals surface area (Å²) in [7, 11) is 0. The van der Waals surface area contributed by atoms with E-state index >= 15 is 0 Å². The highest BCUT2D eigenvalue weighted by Crippen LogP contribution is 2.22. The van der Waals surface area contributed by atoms with Gasteiger partial charge in [-0.3, -0.25) is 0 Å². The normalized spacial score (nSPS) is 11.6. The van der Waals surface area contributed by atoms with Gasteiger partial charge in [0.1, 0.15) is 0 Å². The van der Waals surface area contributed by atoms with Gasteiger partial charge in [0, 0.05) is 16.3 Å². The van der Waals surface area contributed by atoms with Crippen molar-refractivity contribution in [2.75, 3.05) is 11.5 Å². The molecule has 0 aliphatic heterocycles. The molecule has 0 saturated carbocycles. The van der Waals surface area contributed by atoms with Crippen LogP contribution in [-0.2, 0) is 0 Å². The molecule has 0 heterocycles. The molecule has 0 saturated heterocycles. The Labute approximate surface area is 89.5 Å². The van der Waals surface area contributed by atoms with Crippen molar-refractivity contribution in [3.05, 3.63) is 24.3 Å². The average molecular weight is 211 g/mol. The Balaban J connectivity index is 2.35. The van der Waals surface area contributed by atoms with E-state index < -0.39 is 5.60 Å². The Morgan fingerprint density at radius 2 is 1.86 bits per heavy atom. The van der Waals surface area contributed by atoms with E-state index in [1.54, 1.807) is 11.8 Å². The summed E-state index contributed by atoms with van der Waals surface area (Å²) in [4.78, 5) is 1.20. The van der Waals surface area contributed by atoms with Crippen molar-refractivity contribution in [2.24, 2.45) is 0 Å². The Bertz CT molecular complexity index is 276. The molecule has 0 spiro atoms. The van der Waals surface area contributed by atoms with E-state index in [0.29, 0.717) is 0 Å². The number of rotatable bonds is 4. The van der Waals surface area contributed by atoms with E-state index in [1.165, 1.54) is 4.90 Å². The number of hydrogen-bond donors (Lipinski definition) is 2. The average Bonchev–Trinajstić information content (AvgIpc) is 2.06. The Hall–Kier alpha value is -0.670. The quantitative estimate of drug-likeness (QED) is 0.594. The second kappa shape index (κ2) is 4.71. The van der Waals surface area contributed by atoms with E-state index in [4.69, 9.17) is 5.73 Å². The first-order chi connectivity index (χ1) is 6.47. The molecule has 0 atom stereocenters. The number of nitrogens with two attached hydrogens (primary N) is 1. The van der Waals surface area contributed by atoms with Gasteiger partial charge in [-0.2, -0.15) is 0 Å². The zero-order valence-corrected chi connectivity index (χ0v) is 9.47. The molecule has 0 amide bonds. The van der Waals surface area contributed by atoms with Gasteiger partial charge in [-0.15, -0.1) is 11.8 Å². The number of thioether (sulfide) groups is 1. The van der Waals surface area contributed by atoms with E-state index in [-0.39, 0.29) is 0 Å². The van der Waals surface area contributed by atoms with Gasteiger partial charge in [-0.25, -0.2) is 0 Å². The number of anilines is 1. The van der Waals surface area contributed by atoms with Gasteiger partial charge in [-0.05, 0) is 44.5 Å². The largest absolute Gasteiger partial charge is 0.399 e. The lowest BCUT2D eigenvalue weighted by atomic mass is 10.1.